The molecule has 0 saturated carbocycles. The average Bonchev–Trinajstić information content (AvgIpc) is 3.12. The van der Waals surface area contributed by atoms with Crippen molar-refractivity contribution >= 4 is 23.2 Å². The van der Waals surface area contributed by atoms with Crippen LogP contribution in [0.3, 0.4) is 0 Å². The minimum absolute atomic E-state index is 0.0124. The van der Waals surface area contributed by atoms with Gasteiger partial charge in [0.2, 0.25) is 11.5 Å². The predicted molar refractivity (Wildman–Crippen MR) is 99.2 cm³/mol. The maximum absolute atomic E-state index is 13.2. The normalized spacial score (nSPS) is 22.1. The molecule has 1 unspecified atom stereocenters. The molecule has 2 aromatic carbocycles. The molecule has 1 fully saturated rings. The summed E-state index contributed by atoms with van der Waals surface area (Å²) >= 11 is 0. The van der Waals surface area contributed by atoms with Crippen LogP contribution in [0.4, 0.5) is 5.69 Å². The van der Waals surface area contributed by atoms with Crippen molar-refractivity contribution in [2.24, 2.45) is 5.16 Å². The molecule has 2 heterocycles. The van der Waals surface area contributed by atoms with Crippen LogP contribution in [-0.2, 0) is 14.4 Å². The van der Waals surface area contributed by atoms with E-state index >= 15 is 0 Å². The van der Waals surface area contributed by atoms with Crippen LogP contribution in [0.25, 0.3) is 0 Å². The lowest BCUT2D eigenvalue weighted by atomic mass is 9.92. The van der Waals surface area contributed by atoms with Gasteiger partial charge < -0.3 is 4.84 Å². The van der Waals surface area contributed by atoms with Crippen LogP contribution in [0.15, 0.2) is 47.6 Å². The zero-order valence-electron chi connectivity index (χ0n) is 15.1. The maximum Gasteiger partial charge on any atom is 0.281 e. The number of para-hydroxylation sites is 1. The number of hydrogen-bond donors (Lipinski definition) is 0. The van der Waals surface area contributed by atoms with E-state index in [4.69, 9.17) is 4.84 Å². The Hall–Kier alpha value is -2.95. The summed E-state index contributed by atoms with van der Waals surface area (Å²) in [5.74, 6) is -0.571. The van der Waals surface area contributed by atoms with Crippen molar-refractivity contribution in [1.82, 2.24) is 0 Å². The fourth-order valence-electron chi connectivity index (χ4n) is 3.69. The largest absolute Gasteiger partial charge is 0.378 e. The molecule has 5 heteroatoms. The highest BCUT2D eigenvalue weighted by molar-refractivity contribution is 6.26. The predicted octanol–water partition coefficient (Wildman–Crippen LogP) is 3.44. The number of amides is 2. The summed E-state index contributed by atoms with van der Waals surface area (Å²) in [6.45, 7) is 5.81. The molecule has 5 nitrogen and oxygen atoms in total. The molecule has 2 aliphatic heterocycles. The number of nitrogens with zero attached hydrogens (tertiary/aromatic N) is 2. The van der Waals surface area contributed by atoms with E-state index in [1.807, 2.05) is 63.2 Å². The SMILES string of the molecule is Cc1ccc(C2=NOC3(CC(=O)N(c4c(C)cccc4C)C3=O)C2)cc1. The summed E-state index contributed by atoms with van der Waals surface area (Å²) in [4.78, 5) is 32.8. The lowest BCUT2D eigenvalue weighted by Crippen LogP contribution is -2.41. The third-order valence-corrected chi connectivity index (χ3v) is 5.11. The van der Waals surface area contributed by atoms with Crippen molar-refractivity contribution in [2.45, 2.75) is 39.2 Å². The lowest BCUT2D eigenvalue weighted by Gasteiger charge is -2.22. The molecule has 26 heavy (non-hydrogen) atoms. The number of hydrogen-bond acceptors (Lipinski definition) is 4. The number of aryl methyl sites for hydroxylation is 3. The quantitative estimate of drug-likeness (QED) is 0.781. The van der Waals surface area contributed by atoms with Gasteiger partial charge in [-0.05, 0) is 37.5 Å². The Morgan fingerprint density at radius 1 is 0.962 bits per heavy atom. The number of benzene rings is 2. The van der Waals surface area contributed by atoms with Crippen LogP contribution in [0.5, 0.6) is 0 Å². The second kappa shape index (κ2) is 5.80. The molecule has 0 radical (unpaired) electrons. The molecule has 4 rings (SSSR count). The summed E-state index contributed by atoms with van der Waals surface area (Å²) in [6.07, 6.45) is 0.320. The molecule has 0 aliphatic carbocycles. The number of anilines is 1. The Morgan fingerprint density at radius 2 is 1.62 bits per heavy atom. The van der Waals surface area contributed by atoms with Gasteiger partial charge in [0.25, 0.3) is 5.91 Å². The van der Waals surface area contributed by atoms with Crippen LogP contribution in [0.1, 0.15) is 35.1 Å². The Morgan fingerprint density at radius 3 is 2.27 bits per heavy atom. The van der Waals surface area contributed by atoms with Gasteiger partial charge in [0, 0.05) is 6.42 Å². The lowest BCUT2D eigenvalue weighted by molar-refractivity contribution is -0.136. The van der Waals surface area contributed by atoms with Gasteiger partial charge in [-0.3, -0.25) is 9.59 Å². The highest BCUT2D eigenvalue weighted by Crippen LogP contribution is 2.40. The molecule has 2 aliphatic rings. The highest BCUT2D eigenvalue weighted by Gasteiger charge is 2.58. The highest BCUT2D eigenvalue weighted by atomic mass is 16.7. The van der Waals surface area contributed by atoms with E-state index in [-0.39, 0.29) is 18.2 Å². The Kier molecular flexibility index (Phi) is 3.68. The number of rotatable bonds is 2. The van der Waals surface area contributed by atoms with Crippen LogP contribution >= 0.6 is 0 Å². The Balaban J connectivity index is 1.65. The second-order valence-corrected chi connectivity index (χ2v) is 7.12. The molecule has 1 atom stereocenters. The summed E-state index contributed by atoms with van der Waals surface area (Å²) in [7, 11) is 0. The van der Waals surface area contributed by atoms with Crippen molar-refractivity contribution in [3.8, 4) is 0 Å². The van der Waals surface area contributed by atoms with Gasteiger partial charge >= 0.3 is 0 Å². The first-order valence-corrected chi connectivity index (χ1v) is 8.67. The minimum Gasteiger partial charge on any atom is -0.378 e. The summed E-state index contributed by atoms with van der Waals surface area (Å²) in [5.41, 5.74) is 3.99. The van der Waals surface area contributed by atoms with Gasteiger partial charge in [-0.1, -0.05) is 53.2 Å². The topological polar surface area (TPSA) is 59.0 Å². The molecular formula is C21H20N2O3. The summed E-state index contributed by atoms with van der Waals surface area (Å²) in [5, 5.41) is 4.15. The third-order valence-electron chi connectivity index (χ3n) is 5.11. The molecule has 2 aromatic rings. The van der Waals surface area contributed by atoms with Crippen molar-refractivity contribution in [2.75, 3.05) is 4.90 Å². The van der Waals surface area contributed by atoms with Gasteiger partial charge in [0.05, 0.1) is 17.8 Å². The van der Waals surface area contributed by atoms with Gasteiger partial charge in [-0.2, -0.15) is 0 Å². The molecule has 0 N–H and O–H groups in total. The van der Waals surface area contributed by atoms with E-state index in [0.717, 1.165) is 22.3 Å². The average molecular weight is 348 g/mol. The van der Waals surface area contributed by atoms with E-state index in [0.29, 0.717) is 17.8 Å². The summed E-state index contributed by atoms with van der Waals surface area (Å²) < 4.78 is 0. The number of oxime groups is 1. The van der Waals surface area contributed by atoms with E-state index in [9.17, 15) is 9.59 Å². The molecule has 1 saturated heterocycles. The number of imide groups is 1. The van der Waals surface area contributed by atoms with E-state index < -0.39 is 5.60 Å². The number of carbonyl (C=O) groups excluding carboxylic acids is 2. The Labute approximate surface area is 152 Å². The smallest absolute Gasteiger partial charge is 0.281 e. The third kappa shape index (κ3) is 2.43. The van der Waals surface area contributed by atoms with Crippen LogP contribution in [0, 0.1) is 20.8 Å². The van der Waals surface area contributed by atoms with E-state index in [1.165, 1.54) is 4.90 Å². The molecule has 0 aromatic heterocycles. The molecule has 132 valence electrons. The van der Waals surface area contributed by atoms with Crippen LogP contribution in [0.2, 0.25) is 0 Å². The van der Waals surface area contributed by atoms with Crippen molar-refractivity contribution in [3.63, 3.8) is 0 Å². The first-order valence-electron chi connectivity index (χ1n) is 8.67. The van der Waals surface area contributed by atoms with Crippen molar-refractivity contribution in [3.05, 3.63) is 64.7 Å². The van der Waals surface area contributed by atoms with E-state index in [1.54, 1.807) is 0 Å². The minimum atomic E-state index is -1.22. The van der Waals surface area contributed by atoms with Crippen LogP contribution < -0.4 is 4.90 Å². The van der Waals surface area contributed by atoms with Gasteiger partial charge in [-0.15, -0.1) is 0 Å². The molecular weight excluding hydrogens is 328 g/mol. The molecule has 2 amide bonds. The Bertz CT molecular complexity index is 926. The zero-order chi connectivity index (χ0) is 18.5. The fraction of sp³-hybridized carbons (Fsp3) is 0.286. The monoisotopic (exact) mass is 348 g/mol. The first-order chi connectivity index (χ1) is 12.4. The zero-order valence-corrected chi connectivity index (χ0v) is 15.1. The summed E-state index contributed by atoms with van der Waals surface area (Å²) in [6, 6.07) is 13.6. The van der Waals surface area contributed by atoms with Gasteiger partial charge in [0.15, 0.2) is 0 Å². The first kappa shape index (κ1) is 16.5. The number of carbonyl (C=O) groups is 2. The molecule has 1 spiro atoms. The molecule has 0 bridgehead atoms. The fourth-order valence-corrected chi connectivity index (χ4v) is 3.69. The maximum atomic E-state index is 13.2. The standard InChI is InChI=1S/C21H20N2O3/c1-13-7-9-16(10-8-13)17-11-21(26-22-17)12-18(24)23(20(21)25)19-14(2)5-4-6-15(19)3/h4-10H,11-12H2,1-3H3. The second-order valence-electron chi connectivity index (χ2n) is 7.12. The van der Waals surface area contributed by atoms with Crippen molar-refractivity contribution < 1.29 is 14.4 Å². The van der Waals surface area contributed by atoms with Gasteiger partial charge in [0.1, 0.15) is 0 Å². The van der Waals surface area contributed by atoms with Gasteiger partial charge in [-0.25, -0.2) is 4.90 Å². The van der Waals surface area contributed by atoms with Crippen LogP contribution in [-0.4, -0.2) is 23.1 Å². The van der Waals surface area contributed by atoms with Crippen molar-refractivity contribution in [1.29, 1.82) is 0 Å². The van der Waals surface area contributed by atoms with E-state index in [2.05, 4.69) is 5.16 Å².